The van der Waals surface area contributed by atoms with Crippen LogP contribution in [0.4, 0.5) is 5.13 Å². The van der Waals surface area contributed by atoms with Gasteiger partial charge in [-0.1, -0.05) is 64.9 Å². The molecule has 0 saturated carbocycles. The number of rotatable bonds is 5. The number of ether oxygens (including phenoxy) is 1. The lowest BCUT2D eigenvalue weighted by atomic mass is 10.1. The Balaban J connectivity index is 1.48. The molecule has 0 aliphatic carbocycles. The van der Waals surface area contributed by atoms with Gasteiger partial charge in [-0.05, 0) is 44.2 Å². The first-order valence-corrected chi connectivity index (χ1v) is 11.7. The number of aromatic nitrogens is 1. The Labute approximate surface area is 203 Å². The van der Waals surface area contributed by atoms with Crippen molar-refractivity contribution in [1.82, 2.24) is 4.98 Å². The van der Waals surface area contributed by atoms with Crippen molar-refractivity contribution in [3.63, 3.8) is 0 Å². The second kappa shape index (κ2) is 8.93. The molecule has 5 aromatic rings. The van der Waals surface area contributed by atoms with E-state index in [0.717, 1.165) is 15.8 Å². The first-order valence-electron chi connectivity index (χ1n) is 10.6. The third-order valence-corrected chi connectivity index (χ3v) is 6.48. The van der Waals surface area contributed by atoms with E-state index in [4.69, 9.17) is 20.8 Å². The molecule has 1 amide bonds. The fraction of sp³-hybridized carbons (Fsp3) is 0.115. The Bertz CT molecular complexity index is 1590. The minimum atomic E-state index is -0.983. The van der Waals surface area contributed by atoms with Crippen molar-refractivity contribution in [2.75, 3.05) is 5.32 Å². The first kappa shape index (κ1) is 22.1. The Morgan fingerprint density at radius 2 is 1.88 bits per heavy atom. The molecule has 0 fully saturated rings. The highest BCUT2D eigenvalue weighted by Crippen LogP contribution is 2.32. The van der Waals surface area contributed by atoms with E-state index in [0.29, 0.717) is 26.7 Å². The summed E-state index contributed by atoms with van der Waals surface area (Å²) in [6.45, 7) is 3.55. The van der Waals surface area contributed by atoms with Gasteiger partial charge in [0.15, 0.2) is 17.0 Å². The Morgan fingerprint density at radius 3 is 2.68 bits per heavy atom. The number of carbonyl (C=O) groups is 1. The molecule has 5 rings (SSSR count). The van der Waals surface area contributed by atoms with Crippen molar-refractivity contribution in [2.45, 2.75) is 20.0 Å². The van der Waals surface area contributed by atoms with Gasteiger partial charge in [-0.2, -0.15) is 0 Å². The maximum atomic E-state index is 13.3. The molecule has 8 heteroatoms. The van der Waals surface area contributed by atoms with Crippen molar-refractivity contribution < 1.29 is 13.9 Å². The Hall–Kier alpha value is -3.68. The van der Waals surface area contributed by atoms with E-state index in [1.165, 1.54) is 11.3 Å². The van der Waals surface area contributed by atoms with Crippen LogP contribution in [0.15, 0.2) is 75.9 Å². The standard InChI is InChI=1S/C26H19ClN2O4S/c1-14-7-9-16(10-8-14)23-24(22(30)18-5-3-4-6-20(18)33-23)32-15(2)25(31)29-26-28-19-12-11-17(27)13-21(19)34-26/h3-13,15H,1-2H3,(H,28,29,31). The number of carbonyl (C=O) groups excluding carboxylic acids is 1. The van der Waals surface area contributed by atoms with Gasteiger partial charge in [-0.15, -0.1) is 0 Å². The highest BCUT2D eigenvalue weighted by molar-refractivity contribution is 7.22. The number of anilines is 1. The van der Waals surface area contributed by atoms with E-state index in [1.54, 1.807) is 49.4 Å². The van der Waals surface area contributed by atoms with E-state index >= 15 is 0 Å². The number of benzene rings is 3. The Morgan fingerprint density at radius 1 is 1.12 bits per heavy atom. The van der Waals surface area contributed by atoms with Crippen molar-refractivity contribution in [3.05, 3.63) is 87.5 Å². The number of nitrogens with zero attached hydrogens (tertiary/aromatic N) is 1. The number of nitrogens with one attached hydrogen (secondary N) is 1. The van der Waals surface area contributed by atoms with Gasteiger partial charge in [0.05, 0.1) is 15.6 Å². The van der Waals surface area contributed by atoms with Crippen molar-refractivity contribution in [2.24, 2.45) is 0 Å². The van der Waals surface area contributed by atoms with E-state index in [9.17, 15) is 9.59 Å². The second-order valence-corrected chi connectivity index (χ2v) is 9.30. The lowest BCUT2D eigenvalue weighted by molar-refractivity contribution is -0.122. The normalized spacial score (nSPS) is 12.1. The molecule has 0 aliphatic heterocycles. The first-order chi connectivity index (χ1) is 16.4. The van der Waals surface area contributed by atoms with E-state index in [2.05, 4.69) is 10.3 Å². The smallest absolute Gasteiger partial charge is 0.266 e. The van der Waals surface area contributed by atoms with E-state index in [1.807, 2.05) is 31.2 Å². The number of hydrogen-bond donors (Lipinski definition) is 1. The summed E-state index contributed by atoms with van der Waals surface area (Å²) in [6, 6.07) is 19.8. The zero-order chi connectivity index (χ0) is 23.8. The molecule has 0 radical (unpaired) electrons. The maximum Gasteiger partial charge on any atom is 0.266 e. The molecule has 0 bridgehead atoms. The molecule has 34 heavy (non-hydrogen) atoms. The quantitative estimate of drug-likeness (QED) is 0.306. The second-order valence-electron chi connectivity index (χ2n) is 7.83. The molecular formula is C26H19ClN2O4S. The molecule has 170 valence electrons. The summed E-state index contributed by atoms with van der Waals surface area (Å²) in [6.07, 6.45) is -0.983. The summed E-state index contributed by atoms with van der Waals surface area (Å²) in [5.41, 5.74) is 2.58. The lowest BCUT2D eigenvalue weighted by Crippen LogP contribution is -2.31. The highest BCUT2D eigenvalue weighted by atomic mass is 35.5. The van der Waals surface area contributed by atoms with Crippen LogP contribution in [0, 0.1) is 6.92 Å². The third-order valence-electron chi connectivity index (χ3n) is 5.31. The molecule has 0 saturated heterocycles. The zero-order valence-electron chi connectivity index (χ0n) is 18.3. The predicted octanol–water partition coefficient (Wildman–Crippen LogP) is 6.44. The highest BCUT2D eigenvalue weighted by Gasteiger charge is 2.23. The van der Waals surface area contributed by atoms with Gasteiger partial charge in [0.2, 0.25) is 11.2 Å². The van der Waals surface area contributed by atoms with Crippen molar-refractivity contribution >= 4 is 55.2 Å². The third kappa shape index (κ3) is 4.27. The molecule has 3 aromatic carbocycles. The zero-order valence-corrected chi connectivity index (χ0v) is 19.9. The molecule has 1 atom stereocenters. The summed E-state index contributed by atoms with van der Waals surface area (Å²) in [7, 11) is 0. The minimum Gasteiger partial charge on any atom is -0.473 e. The van der Waals surface area contributed by atoms with Gasteiger partial charge in [-0.3, -0.25) is 14.9 Å². The van der Waals surface area contributed by atoms with Crippen LogP contribution >= 0.6 is 22.9 Å². The van der Waals surface area contributed by atoms with Crippen LogP contribution < -0.4 is 15.5 Å². The summed E-state index contributed by atoms with van der Waals surface area (Å²) >= 11 is 7.34. The molecule has 1 N–H and O–H groups in total. The number of hydrogen-bond acceptors (Lipinski definition) is 6. The van der Waals surface area contributed by atoms with Crippen LogP contribution in [0.25, 0.3) is 32.5 Å². The topological polar surface area (TPSA) is 81.4 Å². The van der Waals surface area contributed by atoms with Gasteiger partial charge in [0.25, 0.3) is 5.91 Å². The number of amides is 1. The number of halogens is 1. The molecule has 6 nitrogen and oxygen atoms in total. The molecule has 0 spiro atoms. The van der Waals surface area contributed by atoms with Gasteiger partial charge in [0.1, 0.15) is 5.58 Å². The molecule has 2 aromatic heterocycles. The average molecular weight is 491 g/mol. The van der Waals surface area contributed by atoms with Crippen LogP contribution in [0.5, 0.6) is 5.75 Å². The summed E-state index contributed by atoms with van der Waals surface area (Å²) in [5.74, 6) is -0.174. The van der Waals surface area contributed by atoms with Gasteiger partial charge >= 0.3 is 0 Å². The predicted molar refractivity (Wildman–Crippen MR) is 136 cm³/mol. The number of thiazole rings is 1. The summed E-state index contributed by atoms with van der Waals surface area (Å²) < 4.78 is 12.9. The van der Waals surface area contributed by atoms with Crippen LogP contribution in [0.3, 0.4) is 0 Å². The summed E-state index contributed by atoms with van der Waals surface area (Å²) in [4.78, 5) is 30.6. The molecule has 0 aliphatic rings. The maximum absolute atomic E-state index is 13.3. The lowest BCUT2D eigenvalue weighted by Gasteiger charge is -2.16. The fourth-order valence-corrected chi connectivity index (χ4v) is 4.66. The SMILES string of the molecule is Cc1ccc(-c2oc3ccccc3c(=O)c2OC(C)C(=O)Nc2nc3ccc(Cl)cc3s2)cc1. The van der Waals surface area contributed by atoms with Gasteiger partial charge < -0.3 is 9.15 Å². The van der Waals surface area contributed by atoms with E-state index in [-0.39, 0.29) is 16.9 Å². The molecular weight excluding hydrogens is 472 g/mol. The number of para-hydroxylation sites is 1. The number of aryl methyl sites for hydroxylation is 1. The Kier molecular flexibility index (Phi) is 5.81. The van der Waals surface area contributed by atoms with Crippen LogP contribution in [-0.2, 0) is 4.79 Å². The van der Waals surface area contributed by atoms with E-state index < -0.39 is 12.0 Å². The van der Waals surface area contributed by atoms with Crippen LogP contribution in [0.2, 0.25) is 5.02 Å². The van der Waals surface area contributed by atoms with Gasteiger partial charge in [-0.25, -0.2) is 4.98 Å². The summed E-state index contributed by atoms with van der Waals surface area (Å²) in [5, 5.41) is 4.15. The number of fused-ring (bicyclic) bond motifs is 2. The fourth-order valence-electron chi connectivity index (χ4n) is 3.52. The average Bonchev–Trinajstić information content (AvgIpc) is 3.22. The minimum absolute atomic E-state index is 0.0127. The molecule has 1 unspecified atom stereocenters. The van der Waals surface area contributed by atoms with Crippen molar-refractivity contribution in [3.8, 4) is 17.1 Å². The van der Waals surface area contributed by atoms with Crippen LogP contribution in [0.1, 0.15) is 12.5 Å². The van der Waals surface area contributed by atoms with Gasteiger partial charge in [0, 0.05) is 10.6 Å². The van der Waals surface area contributed by atoms with Crippen LogP contribution in [-0.4, -0.2) is 17.0 Å². The monoisotopic (exact) mass is 490 g/mol. The van der Waals surface area contributed by atoms with Crippen molar-refractivity contribution in [1.29, 1.82) is 0 Å². The largest absolute Gasteiger partial charge is 0.473 e. The molecule has 2 heterocycles.